The van der Waals surface area contributed by atoms with Crippen molar-refractivity contribution in [1.82, 2.24) is 10.3 Å². The minimum atomic E-state index is -0.0414. The third kappa shape index (κ3) is 3.20. The number of hydrogen-bond acceptors (Lipinski definition) is 4. The Balaban J connectivity index is 2.03. The molecule has 1 saturated heterocycles. The molecule has 1 aliphatic rings. The zero-order valence-corrected chi connectivity index (χ0v) is 10.6. The largest absolute Gasteiger partial charge is 0.383 e. The monoisotopic (exact) mass is 249 g/mol. The Morgan fingerprint density at radius 3 is 3.00 bits per heavy atom. The highest BCUT2D eigenvalue weighted by atomic mass is 16.5. The van der Waals surface area contributed by atoms with Gasteiger partial charge in [0, 0.05) is 32.0 Å². The Kier molecular flexibility index (Phi) is 4.52. The molecule has 1 aliphatic heterocycles. The summed E-state index contributed by atoms with van der Waals surface area (Å²) in [5, 5.41) is 6.19. The number of carbonyl (C=O) groups excluding carboxylic acids is 1. The molecule has 18 heavy (non-hydrogen) atoms. The second-order valence-corrected chi connectivity index (χ2v) is 4.31. The average molecular weight is 249 g/mol. The highest BCUT2D eigenvalue weighted by Crippen LogP contribution is 2.14. The van der Waals surface area contributed by atoms with Crippen molar-refractivity contribution >= 4 is 11.6 Å². The second-order valence-electron chi connectivity index (χ2n) is 4.31. The summed E-state index contributed by atoms with van der Waals surface area (Å²) in [5.74, 6) is -0.0414. The van der Waals surface area contributed by atoms with Crippen molar-refractivity contribution in [2.24, 2.45) is 0 Å². The van der Waals surface area contributed by atoms with E-state index in [1.54, 1.807) is 18.5 Å². The van der Waals surface area contributed by atoms with Crippen LogP contribution in [-0.2, 0) is 4.74 Å². The molecule has 2 N–H and O–H groups in total. The van der Waals surface area contributed by atoms with Gasteiger partial charge in [0.1, 0.15) is 0 Å². The van der Waals surface area contributed by atoms with E-state index >= 15 is 0 Å². The number of nitrogens with one attached hydrogen (secondary N) is 2. The molecule has 0 radical (unpaired) electrons. The molecule has 0 spiro atoms. The number of anilines is 1. The van der Waals surface area contributed by atoms with Crippen molar-refractivity contribution in [3.63, 3.8) is 0 Å². The predicted molar refractivity (Wildman–Crippen MR) is 69.7 cm³/mol. The van der Waals surface area contributed by atoms with Gasteiger partial charge in [0.15, 0.2) is 0 Å². The van der Waals surface area contributed by atoms with Gasteiger partial charge in [0.05, 0.1) is 17.4 Å². The van der Waals surface area contributed by atoms with Gasteiger partial charge in [-0.2, -0.15) is 0 Å². The molecule has 2 heterocycles. The van der Waals surface area contributed by atoms with E-state index in [0.717, 1.165) is 38.3 Å². The Morgan fingerprint density at radius 1 is 1.50 bits per heavy atom. The van der Waals surface area contributed by atoms with Crippen LogP contribution in [0.2, 0.25) is 0 Å². The van der Waals surface area contributed by atoms with E-state index in [4.69, 9.17) is 4.74 Å². The van der Waals surface area contributed by atoms with Crippen molar-refractivity contribution in [3.05, 3.63) is 24.0 Å². The maximum Gasteiger partial charge on any atom is 0.253 e. The fourth-order valence-corrected chi connectivity index (χ4v) is 2.03. The molecule has 0 aromatic carbocycles. The molecule has 0 unspecified atom stereocenters. The number of ether oxygens (including phenoxy) is 1. The number of aromatic nitrogens is 1. The Bertz CT molecular complexity index is 403. The highest BCUT2D eigenvalue weighted by molar-refractivity contribution is 5.99. The van der Waals surface area contributed by atoms with Gasteiger partial charge >= 0.3 is 0 Å². The lowest BCUT2D eigenvalue weighted by atomic mass is 10.1. The first-order valence-corrected chi connectivity index (χ1v) is 6.37. The molecule has 0 bridgehead atoms. The summed E-state index contributed by atoms with van der Waals surface area (Å²) in [5.41, 5.74) is 1.43. The zero-order chi connectivity index (χ0) is 12.8. The molecule has 5 heteroatoms. The molecule has 1 amide bonds. The Morgan fingerprint density at radius 2 is 2.28 bits per heavy atom. The molecule has 2 rings (SSSR count). The van der Waals surface area contributed by atoms with Gasteiger partial charge in [0.2, 0.25) is 0 Å². The minimum Gasteiger partial charge on any atom is -0.383 e. The van der Waals surface area contributed by atoms with Crippen LogP contribution in [0.3, 0.4) is 0 Å². The second kappa shape index (κ2) is 6.35. The van der Waals surface area contributed by atoms with E-state index in [1.165, 1.54) is 0 Å². The number of rotatable bonds is 4. The van der Waals surface area contributed by atoms with Crippen molar-refractivity contribution < 1.29 is 9.53 Å². The van der Waals surface area contributed by atoms with E-state index in [0.29, 0.717) is 5.56 Å². The fraction of sp³-hybridized carbons (Fsp3) is 0.538. The van der Waals surface area contributed by atoms with Crippen LogP contribution in [0.4, 0.5) is 5.69 Å². The molecule has 1 aromatic heterocycles. The highest BCUT2D eigenvalue weighted by Gasteiger charge is 2.18. The summed E-state index contributed by atoms with van der Waals surface area (Å²) in [6.45, 7) is 4.21. The van der Waals surface area contributed by atoms with Gasteiger partial charge < -0.3 is 15.4 Å². The summed E-state index contributed by atoms with van der Waals surface area (Å²) in [6.07, 6.45) is 5.09. The van der Waals surface area contributed by atoms with Gasteiger partial charge in [-0.15, -0.1) is 0 Å². The van der Waals surface area contributed by atoms with E-state index in [9.17, 15) is 4.79 Å². The summed E-state index contributed by atoms with van der Waals surface area (Å²) in [7, 11) is 0. The van der Waals surface area contributed by atoms with Crippen LogP contribution in [-0.4, -0.2) is 36.7 Å². The minimum absolute atomic E-state index is 0.0414. The first kappa shape index (κ1) is 12.8. The Hall–Kier alpha value is -1.62. The molecule has 0 aliphatic carbocycles. The normalized spacial score (nSPS) is 16.3. The van der Waals surface area contributed by atoms with Crippen LogP contribution in [0.25, 0.3) is 0 Å². The molecule has 0 saturated carbocycles. The molecule has 5 nitrogen and oxygen atoms in total. The van der Waals surface area contributed by atoms with E-state index < -0.39 is 0 Å². The van der Waals surface area contributed by atoms with Crippen LogP contribution in [0.5, 0.6) is 0 Å². The van der Waals surface area contributed by atoms with Gasteiger partial charge in [-0.1, -0.05) is 0 Å². The average Bonchev–Trinajstić information content (AvgIpc) is 2.41. The van der Waals surface area contributed by atoms with Crippen LogP contribution in [0.15, 0.2) is 18.5 Å². The third-order valence-corrected chi connectivity index (χ3v) is 2.99. The molecule has 1 fully saturated rings. The molecule has 98 valence electrons. The van der Waals surface area contributed by atoms with Gasteiger partial charge in [-0.25, -0.2) is 0 Å². The number of carbonyl (C=O) groups is 1. The van der Waals surface area contributed by atoms with Gasteiger partial charge in [-0.3, -0.25) is 9.78 Å². The van der Waals surface area contributed by atoms with Crippen molar-refractivity contribution in [1.29, 1.82) is 0 Å². The lowest BCUT2D eigenvalue weighted by Gasteiger charge is -2.23. The molecular formula is C13H19N3O2. The number of amides is 1. The number of nitrogens with zero attached hydrogens (tertiary/aromatic N) is 1. The summed E-state index contributed by atoms with van der Waals surface area (Å²) < 4.78 is 5.28. The van der Waals surface area contributed by atoms with E-state index in [-0.39, 0.29) is 11.9 Å². The van der Waals surface area contributed by atoms with Crippen LogP contribution < -0.4 is 10.6 Å². The zero-order valence-electron chi connectivity index (χ0n) is 10.6. The maximum atomic E-state index is 12.2. The van der Waals surface area contributed by atoms with Crippen molar-refractivity contribution in [2.75, 3.05) is 25.1 Å². The van der Waals surface area contributed by atoms with E-state index in [1.807, 2.05) is 6.92 Å². The fourth-order valence-electron chi connectivity index (χ4n) is 2.03. The number of hydrogen-bond donors (Lipinski definition) is 2. The summed E-state index contributed by atoms with van der Waals surface area (Å²) >= 11 is 0. The predicted octanol–water partition coefficient (Wildman–Crippen LogP) is 1.42. The topological polar surface area (TPSA) is 63.2 Å². The maximum absolute atomic E-state index is 12.2. The first-order valence-electron chi connectivity index (χ1n) is 6.37. The van der Waals surface area contributed by atoms with Gasteiger partial charge in [-0.05, 0) is 25.8 Å². The van der Waals surface area contributed by atoms with Crippen molar-refractivity contribution in [3.8, 4) is 0 Å². The first-order chi connectivity index (χ1) is 8.81. The smallest absolute Gasteiger partial charge is 0.253 e. The van der Waals surface area contributed by atoms with Crippen LogP contribution >= 0.6 is 0 Å². The standard InChI is InChI=1S/C13H19N3O2/c1-2-15-12-9-14-6-3-11(12)13(17)16-10-4-7-18-8-5-10/h3,6,9-10,15H,2,4-5,7-8H2,1H3,(H,16,17). The van der Waals surface area contributed by atoms with E-state index in [2.05, 4.69) is 15.6 Å². The van der Waals surface area contributed by atoms with Gasteiger partial charge in [0.25, 0.3) is 5.91 Å². The van der Waals surface area contributed by atoms with Crippen LogP contribution in [0, 0.1) is 0 Å². The lowest BCUT2D eigenvalue weighted by Crippen LogP contribution is -2.39. The summed E-state index contributed by atoms with van der Waals surface area (Å²) in [4.78, 5) is 16.2. The third-order valence-electron chi connectivity index (χ3n) is 2.99. The molecule has 0 atom stereocenters. The quantitative estimate of drug-likeness (QED) is 0.847. The number of pyridine rings is 1. The lowest BCUT2D eigenvalue weighted by molar-refractivity contribution is 0.0697. The van der Waals surface area contributed by atoms with Crippen molar-refractivity contribution in [2.45, 2.75) is 25.8 Å². The SMILES string of the molecule is CCNc1cnccc1C(=O)NC1CCOCC1. The summed E-state index contributed by atoms with van der Waals surface area (Å²) in [6, 6.07) is 1.96. The molecular weight excluding hydrogens is 230 g/mol. The van der Waals surface area contributed by atoms with Crippen LogP contribution in [0.1, 0.15) is 30.1 Å². The Labute approximate surface area is 107 Å². The molecule has 1 aromatic rings.